The molecule has 0 bridgehead atoms. The van der Waals surface area contributed by atoms with Gasteiger partial charge in [-0.05, 0) is 24.6 Å². The summed E-state index contributed by atoms with van der Waals surface area (Å²) in [5.41, 5.74) is 5.83. The molecule has 0 aliphatic carbocycles. The predicted octanol–water partition coefficient (Wildman–Crippen LogP) is -1.86. The molecule has 1 aromatic carbocycles. The first kappa shape index (κ1) is 14.9. The van der Waals surface area contributed by atoms with Gasteiger partial charge in [0.1, 0.15) is 10.1 Å². The molecule has 7 heteroatoms. The van der Waals surface area contributed by atoms with Crippen molar-refractivity contribution >= 4 is 27.4 Å². The van der Waals surface area contributed by atoms with Crippen molar-refractivity contribution in [1.82, 2.24) is 0 Å². The van der Waals surface area contributed by atoms with Crippen molar-refractivity contribution in [2.24, 2.45) is 0 Å². The Balaban J connectivity index is 0.00000169. The van der Waals surface area contributed by atoms with Crippen molar-refractivity contribution < 1.29 is 64.4 Å². The molecule has 0 aromatic heterocycles. The Labute approximate surface area is 130 Å². The Morgan fingerprint density at radius 2 is 1.93 bits per heavy atom. The van der Waals surface area contributed by atoms with Crippen molar-refractivity contribution in [2.45, 2.75) is 11.8 Å². The standard InChI is InChI=1S/C7H8ClNO3S.K/c1-4-2-5(8)3-6(7(4)9)13(10,11)12;/h2-3H,9H2,1H3,(H,10,11,12);/q;+1/p-1. The van der Waals surface area contributed by atoms with Crippen molar-refractivity contribution in [3.05, 3.63) is 22.7 Å². The number of halogens is 1. The van der Waals surface area contributed by atoms with Crippen LogP contribution in [0.1, 0.15) is 5.56 Å². The fourth-order valence-electron chi connectivity index (χ4n) is 0.930. The maximum atomic E-state index is 10.7. The number of hydrogen-bond donors (Lipinski definition) is 1. The molecular formula is C7H7ClKNO3S. The predicted molar refractivity (Wildman–Crippen MR) is 48.6 cm³/mol. The van der Waals surface area contributed by atoms with Crippen LogP contribution < -0.4 is 57.1 Å². The van der Waals surface area contributed by atoms with E-state index in [9.17, 15) is 13.0 Å². The van der Waals surface area contributed by atoms with Gasteiger partial charge in [-0.1, -0.05) is 11.6 Å². The zero-order chi connectivity index (χ0) is 10.2. The normalized spacial score (nSPS) is 10.8. The van der Waals surface area contributed by atoms with E-state index < -0.39 is 15.0 Å². The fourth-order valence-corrected chi connectivity index (χ4v) is 1.97. The molecule has 72 valence electrons. The van der Waals surface area contributed by atoms with Crippen molar-refractivity contribution in [2.75, 3.05) is 5.73 Å². The molecule has 0 saturated heterocycles. The average Bonchev–Trinajstić information content (AvgIpc) is 1.94. The number of anilines is 1. The molecule has 0 spiro atoms. The molecule has 1 rings (SSSR count). The van der Waals surface area contributed by atoms with Gasteiger partial charge in [0.15, 0.2) is 0 Å². The van der Waals surface area contributed by atoms with Crippen molar-refractivity contribution in [3.8, 4) is 0 Å². The molecule has 0 unspecified atom stereocenters. The second-order valence-electron chi connectivity index (χ2n) is 2.59. The van der Waals surface area contributed by atoms with Crippen LogP contribution in [-0.2, 0) is 10.1 Å². The topological polar surface area (TPSA) is 83.2 Å². The molecule has 1 aromatic rings. The van der Waals surface area contributed by atoms with Gasteiger partial charge in [0.2, 0.25) is 0 Å². The van der Waals surface area contributed by atoms with Gasteiger partial charge in [-0.3, -0.25) is 0 Å². The van der Waals surface area contributed by atoms with E-state index in [2.05, 4.69) is 0 Å². The Bertz CT molecular complexity index is 446. The number of aryl methyl sites for hydroxylation is 1. The van der Waals surface area contributed by atoms with Gasteiger partial charge in [0.05, 0.1) is 10.6 Å². The van der Waals surface area contributed by atoms with Crippen LogP contribution in [0.3, 0.4) is 0 Å². The van der Waals surface area contributed by atoms with Crippen LogP contribution in [0, 0.1) is 6.92 Å². The van der Waals surface area contributed by atoms with E-state index in [1.807, 2.05) is 0 Å². The van der Waals surface area contributed by atoms with E-state index >= 15 is 0 Å². The Morgan fingerprint density at radius 3 is 2.36 bits per heavy atom. The molecule has 0 aliphatic heterocycles. The summed E-state index contributed by atoms with van der Waals surface area (Å²) in [5, 5.41) is 0.182. The maximum Gasteiger partial charge on any atom is 1.00 e. The van der Waals surface area contributed by atoms with E-state index in [1.54, 1.807) is 6.92 Å². The molecule has 0 amide bonds. The number of rotatable bonds is 1. The van der Waals surface area contributed by atoms with E-state index in [1.165, 1.54) is 6.07 Å². The number of benzene rings is 1. The molecule has 4 nitrogen and oxygen atoms in total. The molecule has 2 N–H and O–H groups in total. The first-order chi connectivity index (χ1) is 5.82. The summed E-state index contributed by atoms with van der Waals surface area (Å²) in [6, 6.07) is 2.54. The van der Waals surface area contributed by atoms with Crippen LogP contribution in [0.5, 0.6) is 0 Å². The van der Waals surface area contributed by atoms with Gasteiger partial charge < -0.3 is 10.3 Å². The fraction of sp³-hybridized carbons (Fsp3) is 0.143. The monoisotopic (exact) mass is 259 g/mol. The molecule has 0 saturated carbocycles. The van der Waals surface area contributed by atoms with E-state index in [-0.39, 0.29) is 62.1 Å². The zero-order valence-corrected chi connectivity index (χ0v) is 12.4. The van der Waals surface area contributed by atoms with Gasteiger partial charge in [0, 0.05) is 5.02 Å². The number of hydrogen-bond acceptors (Lipinski definition) is 4. The minimum Gasteiger partial charge on any atom is -0.744 e. The minimum atomic E-state index is -4.54. The Morgan fingerprint density at radius 1 is 1.43 bits per heavy atom. The zero-order valence-electron chi connectivity index (χ0n) is 7.74. The van der Waals surface area contributed by atoms with E-state index in [0.29, 0.717) is 5.56 Å². The third kappa shape index (κ3) is 3.46. The summed E-state index contributed by atoms with van der Waals surface area (Å²) >= 11 is 5.57. The molecular weight excluding hydrogens is 253 g/mol. The molecule has 0 atom stereocenters. The molecule has 14 heavy (non-hydrogen) atoms. The largest absolute Gasteiger partial charge is 1.00 e. The van der Waals surface area contributed by atoms with Crippen molar-refractivity contribution in [1.29, 1.82) is 0 Å². The summed E-state index contributed by atoms with van der Waals surface area (Å²) in [7, 11) is -4.54. The van der Waals surface area contributed by atoms with Gasteiger partial charge in [-0.15, -0.1) is 0 Å². The Hall–Kier alpha value is 0.856. The third-order valence-corrected chi connectivity index (χ3v) is 2.68. The Kier molecular flexibility index (Phi) is 5.59. The van der Waals surface area contributed by atoms with Gasteiger partial charge in [-0.25, -0.2) is 8.42 Å². The van der Waals surface area contributed by atoms with Gasteiger partial charge in [0.25, 0.3) is 0 Å². The smallest absolute Gasteiger partial charge is 0.744 e. The van der Waals surface area contributed by atoms with Crippen LogP contribution >= 0.6 is 11.6 Å². The number of nitrogen functional groups attached to an aromatic ring is 1. The summed E-state index contributed by atoms with van der Waals surface area (Å²) in [5.74, 6) is 0. The molecule has 0 radical (unpaired) electrons. The van der Waals surface area contributed by atoms with Gasteiger partial charge in [-0.2, -0.15) is 0 Å². The summed E-state index contributed by atoms with van der Waals surface area (Å²) in [6.45, 7) is 1.58. The maximum absolute atomic E-state index is 10.7. The summed E-state index contributed by atoms with van der Waals surface area (Å²) < 4.78 is 32.0. The van der Waals surface area contributed by atoms with Crippen LogP contribution in [0.2, 0.25) is 5.02 Å². The minimum absolute atomic E-state index is 0. The second kappa shape index (κ2) is 5.27. The van der Waals surface area contributed by atoms with Crippen LogP contribution in [0.25, 0.3) is 0 Å². The van der Waals surface area contributed by atoms with Crippen LogP contribution in [-0.4, -0.2) is 13.0 Å². The first-order valence-electron chi connectivity index (χ1n) is 3.34. The van der Waals surface area contributed by atoms with Crippen molar-refractivity contribution in [3.63, 3.8) is 0 Å². The molecule has 0 fully saturated rings. The van der Waals surface area contributed by atoms with Gasteiger partial charge >= 0.3 is 51.4 Å². The van der Waals surface area contributed by atoms with Crippen LogP contribution in [0.15, 0.2) is 17.0 Å². The summed E-state index contributed by atoms with van der Waals surface area (Å²) in [4.78, 5) is -0.461. The quantitative estimate of drug-likeness (QED) is 0.364. The summed E-state index contributed by atoms with van der Waals surface area (Å²) in [6.07, 6.45) is 0. The van der Waals surface area contributed by atoms with Crippen LogP contribution in [0.4, 0.5) is 5.69 Å². The average molecular weight is 260 g/mol. The SMILES string of the molecule is Cc1cc(Cl)cc(S(=O)(=O)[O-])c1N.[K+]. The second-order valence-corrected chi connectivity index (χ2v) is 4.37. The van der Waals surface area contributed by atoms with E-state index in [4.69, 9.17) is 17.3 Å². The van der Waals surface area contributed by atoms with E-state index in [0.717, 1.165) is 6.07 Å². The molecule has 0 aliphatic rings. The number of nitrogens with two attached hydrogens (primary N) is 1. The first-order valence-corrected chi connectivity index (χ1v) is 5.12. The third-order valence-electron chi connectivity index (χ3n) is 1.58. The molecule has 0 heterocycles.